The summed E-state index contributed by atoms with van der Waals surface area (Å²) in [4.78, 5) is 11.5. The molecule has 2 atom stereocenters. The van der Waals surface area contributed by atoms with Gasteiger partial charge in [0.2, 0.25) is 5.91 Å². The fraction of sp³-hybridized carbons (Fsp3) is 0.929. The van der Waals surface area contributed by atoms with Crippen LogP contribution in [-0.2, 0) is 4.79 Å². The molecule has 4 nitrogen and oxygen atoms in total. The van der Waals surface area contributed by atoms with Gasteiger partial charge in [-0.25, -0.2) is 0 Å². The number of amides is 1. The van der Waals surface area contributed by atoms with Crippen LogP contribution in [0.5, 0.6) is 0 Å². The van der Waals surface area contributed by atoms with E-state index in [1.54, 1.807) is 0 Å². The first kappa shape index (κ1) is 15.4. The van der Waals surface area contributed by atoms with E-state index in [0.29, 0.717) is 24.3 Å². The third-order valence-corrected chi connectivity index (χ3v) is 3.79. The predicted molar refractivity (Wildman–Crippen MR) is 73.3 cm³/mol. The highest BCUT2D eigenvalue weighted by atomic mass is 16.3. The van der Waals surface area contributed by atoms with Gasteiger partial charge in [0.25, 0.3) is 0 Å². The number of aliphatic hydroxyl groups is 1. The van der Waals surface area contributed by atoms with Crippen molar-refractivity contribution in [3.05, 3.63) is 0 Å². The molecule has 1 aliphatic carbocycles. The first-order valence-electron chi connectivity index (χ1n) is 7.21. The number of carbonyl (C=O) groups excluding carboxylic acids is 1. The van der Waals surface area contributed by atoms with E-state index in [-0.39, 0.29) is 12.5 Å². The molecular weight excluding hydrogens is 228 g/mol. The summed E-state index contributed by atoms with van der Waals surface area (Å²) in [7, 11) is 0. The van der Waals surface area contributed by atoms with Crippen LogP contribution in [0.25, 0.3) is 0 Å². The Hall–Kier alpha value is -0.610. The molecule has 0 aromatic rings. The normalized spacial score (nSPS) is 23.6. The predicted octanol–water partition coefficient (Wildman–Crippen LogP) is 1.15. The van der Waals surface area contributed by atoms with Crippen LogP contribution < -0.4 is 10.6 Å². The van der Waals surface area contributed by atoms with Crippen LogP contribution in [0, 0.1) is 17.8 Å². The molecule has 3 N–H and O–H groups in total. The SMILES string of the molecule is CC(C)CCNC(=O)CNCC1CCCC1CO. The monoisotopic (exact) mass is 256 g/mol. The van der Waals surface area contributed by atoms with E-state index < -0.39 is 0 Å². The maximum absolute atomic E-state index is 11.5. The van der Waals surface area contributed by atoms with Gasteiger partial charge in [-0.05, 0) is 43.6 Å². The van der Waals surface area contributed by atoms with E-state index in [2.05, 4.69) is 24.5 Å². The zero-order valence-electron chi connectivity index (χ0n) is 11.7. The quantitative estimate of drug-likeness (QED) is 0.610. The van der Waals surface area contributed by atoms with Gasteiger partial charge >= 0.3 is 0 Å². The minimum Gasteiger partial charge on any atom is -0.396 e. The summed E-state index contributed by atoms with van der Waals surface area (Å²) in [5, 5.41) is 15.3. The molecule has 18 heavy (non-hydrogen) atoms. The van der Waals surface area contributed by atoms with E-state index in [1.807, 2.05) is 0 Å². The van der Waals surface area contributed by atoms with E-state index in [4.69, 9.17) is 0 Å². The Bertz CT molecular complexity index is 244. The van der Waals surface area contributed by atoms with E-state index in [0.717, 1.165) is 25.9 Å². The van der Waals surface area contributed by atoms with Crippen LogP contribution in [0.2, 0.25) is 0 Å². The minimum absolute atomic E-state index is 0.0780. The molecule has 1 aliphatic rings. The van der Waals surface area contributed by atoms with Crippen LogP contribution in [0.4, 0.5) is 0 Å². The summed E-state index contributed by atoms with van der Waals surface area (Å²) in [5.41, 5.74) is 0. The molecule has 0 bridgehead atoms. The summed E-state index contributed by atoms with van der Waals surface area (Å²) in [6.45, 7) is 6.60. The third kappa shape index (κ3) is 5.83. The van der Waals surface area contributed by atoms with Crippen LogP contribution >= 0.6 is 0 Å². The Balaban J connectivity index is 2.04. The van der Waals surface area contributed by atoms with Crippen molar-refractivity contribution in [2.75, 3.05) is 26.2 Å². The van der Waals surface area contributed by atoms with Gasteiger partial charge in [0.05, 0.1) is 6.54 Å². The first-order chi connectivity index (χ1) is 8.63. The molecule has 2 unspecified atom stereocenters. The van der Waals surface area contributed by atoms with Crippen molar-refractivity contribution < 1.29 is 9.90 Å². The number of aliphatic hydroxyl groups excluding tert-OH is 1. The number of nitrogens with one attached hydrogen (secondary N) is 2. The maximum atomic E-state index is 11.5. The van der Waals surface area contributed by atoms with Gasteiger partial charge in [-0.2, -0.15) is 0 Å². The number of hydrogen-bond donors (Lipinski definition) is 3. The summed E-state index contributed by atoms with van der Waals surface area (Å²) >= 11 is 0. The highest BCUT2D eigenvalue weighted by Gasteiger charge is 2.25. The molecule has 0 aromatic carbocycles. The fourth-order valence-corrected chi connectivity index (χ4v) is 2.56. The van der Waals surface area contributed by atoms with E-state index in [9.17, 15) is 9.90 Å². The van der Waals surface area contributed by atoms with Crippen molar-refractivity contribution in [1.29, 1.82) is 0 Å². The fourth-order valence-electron chi connectivity index (χ4n) is 2.56. The van der Waals surface area contributed by atoms with Gasteiger partial charge in [-0.3, -0.25) is 4.79 Å². The second-order valence-electron chi connectivity index (χ2n) is 5.80. The van der Waals surface area contributed by atoms with Crippen molar-refractivity contribution in [3.8, 4) is 0 Å². The van der Waals surface area contributed by atoms with Gasteiger partial charge in [0.1, 0.15) is 0 Å². The molecule has 0 spiro atoms. The lowest BCUT2D eigenvalue weighted by Crippen LogP contribution is -2.37. The van der Waals surface area contributed by atoms with Gasteiger partial charge in [0.15, 0.2) is 0 Å². The standard InChI is InChI=1S/C14H28N2O2/c1-11(2)6-7-16-14(18)9-15-8-12-4-3-5-13(12)10-17/h11-13,15,17H,3-10H2,1-2H3,(H,16,18). The van der Waals surface area contributed by atoms with Gasteiger partial charge in [-0.15, -0.1) is 0 Å². The van der Waals surface area contributed by atoms with Crippen molar-refractivity contribution in [1.82, 2.24) is 10.6 Å². The topological polar surface area (TPSA) is 61.4 Å². The Morgan fingerprint density at radius 2 is 2.06 bits per heavy atom. The molecule has 1 amide bonds. The molecule has 1 saturated carbocycles. The zero-order valence-corrected chi connectivity index (χ0v) is 11.7. The molecule has 0 radical (unpaired) electrons. The smallest absolute Gasteiger partial charge is 0.233 e. The number of carbonyl (C=O) groups is 1. The van der Waals surface area contributed by atoms with Crippen LogP contribution in [-0.4, -0.2) is 37.3 Å². The van der Waals surface area contributed by atoms with Crippen LogP contribution in [0.3, 0.4) is 0 Å². The summed E-state index contributed by atoms with van der Waals surface area (Å²) in [6.07, 6.45) is 4.54. The average Bonchev–Trinajstić information content (AvgIpc) is 2.76. The third-order valence-electron chi connectivity index (χ3n) is 3.79. The van der Waals surface area contributed by atoms with Crippen molar-refractivity contribution in [3.63, 3.8) is 0 Å². The highest BCUT2D eigenvalue weighted by Crippen LogP contribution is 2.30. The van der Waals surface area contributed by atoms with Crippen LogP contribution in [0.15, 0.2) is 0 Å². The number of hydrogen-bond acceptors (Lipinski definition) is 3. The molecule has 1 fully saturated rings. The highest BCUT2D eigenvalue weighted by molar-refractivity contribution is 5.77. The van der Waals surface area contributed by atoms with Crippen molar-refractivity contribution in [2.45, 2.75) is 39.5 Å². The lowest BCUT2D eigenvalue weighted by atomic mass is 9.97. The van der Waals surface area contributed by atoms with Gasteiger partial charge in [-0.1, -0.05) is 20.3 Å². The van der Waals surface area contributed by atoms with Gasteiger partial charge in [0, 0.05) is 13.2 Å². The maximum Gasteiger partial charge on any atom is 0.233 e. The van der Waals surface area contributed by atoms with E-state index in [1.165, 1.54) is 12.8 Å². The molecule has 106 valence electrons. The Labute approximate surface area is 111 Å². The first-order valence-corrected chi connectivity index (χ1v) is 7.21. The molecule has 0 heterocycles. The summed E-state index contributed by atoms with van der Waals surface area (Å²) < 4.78 is 0. The average molecular weight is 256 g/mol. The summed E-state index contributed by atoms with van der Waals surface area (Å²) in [5.74, 6) is 1.68. The lowest BCUT2D eigenvalue weighted by molar-refractivity contribution is -0.120. The second-order valence-corrected chi connectivity index (χ2v) is 5.80. The number of rotatable bonds is 8. The molecule has 4 heteroatoms. The molecule has 0 aromatic heterocycles. The Kier molecular flexibility index (Phi) is 7.28. The Morgan fingerprint density at radius 1 is 1.33 bits per heavy atom. The van der Waals surface area contributed by atoms with E-state index >= 15 is 0 Å². The zero-order chi connectivity index (χ0) is 13.4. The Morgan fingerprint density at radius 3 is 2.72 bits per heavy atom. The van der Waals surface area contributed by atoms with Crippen molar-refractivity contribution >= 4 is 5.91 Å². The van der Waals surface area contributed by atoms with Crippen molar-refractivity contribution in [2.24, 2.45) is 17.8 Å². The molecule has 1 rings (SSSR count). The van der Waals surface area contributed by atoms with Crippen LogP contribution in [0.1, 0.15) is 39.5 Å². The lowest BCUT2D eigenvalue weighted by Gasteiger charge is -2.17. The molecule has 0 saturated heterocycles. The largest absolute Gasteiger partial charge is 0.396 e. The summed E-state index contributed by atoms with van der Waals surface area (Å²) in [6, 6.07) is 0. The minimum atomic E-state index is 0.0780. The molecule has 0 aliphatic heterocycles. The van der Waals surface area contributed by atoms with Gasteiger partial charge < -0.3 is 15.7 Å². The molecular formula is C14H28N2O2. The second kappa shape index (κ2) is 8.48.